The molecule has 0 radical (unpaired) electrons. The second-order valence-corrected chi connectivity index (χ2v) is 4.02. The van der Waals surface area contributed by atoms with E-state index in [1.165, 1.54) is 0 Å². The number of hydrogen-bond donors (Lipinski definition) is 0. The summed E-state index contributed by atoms with van der Waals surface area (Å²) in [6.07, 6.45) is 3.31. The van der Waals surface area contributed by atoms with Crippen LogP contribution < -0.4 is 0 Å². The Morgan fingerprint density at radius 3 is 3.07 bits per heavy atom. The van der Waals surface area contributed by atoms with Crippen LogP contribution in [0.15, 0.2) is 23.0 Å². The molecule has 0 atom stereocenters. The normalized spacial score (nSPS) is 10.5. The first-order valence-corrected chi connectivity index (χ1v) is 5.82. The summed E-state index contributed by atoms with van der Waals surface area (Å²) < 4.78 is 1.87. The molecule has 0 spiro atoms. The molecule has 0 bridgehead atoms. The van der Waals surface area contributed by atoms with Crippen LogP contribution in [0.4, 0.5) is 0 Å². The van der Waals surface area contributed by atoms with Crippen LogP contribution in [0.5, 0.6) is 0 Å². The Balaban J connectivity index is 2.44. The number of aromatic nitrogens is 2. The van der Waals surface area contributed by atoms with E-state index in [4.69, 9.17) is 0 Å². The van der Waals surface area contributed by atoms with E-state index in [2.05, 4.69) is 10.5 Å². The minimum Gasteiger partial charge on any atom is -0.303 e. The number of nitrogens with zero attached hydrogens (tertiary/aromatic N) is 2. The molecule has 2 aromatic heterocycles. The van der Waals surface area contributed by atoms with Crippen LogP contribution in [0.2, 0.25) is 0 Å². The molecule has 2 aromatic rings. The third-order valence-corrected chi connectivity index (χ3v) is 2.94. The highest BCUT2D eigenvalue weighted by atomic mass is 32.1. The third-order valence-electron chi connectivity index (χ3n) is 2.26. The molecule has 4 heteroatoms. The van der Waals surface area contributed by atoms with E-state index in [9.17, 15) is 4.79 Å². The number of aryl methyl sites for hydroxylation is 1. The van der Waals surface area contributed by atoms with E-state index in [-0.39, 0.29) is 0 Å². The lowest BCUT2D eigenvalue weighted by atomic mass is 10.1. The molecule has 0 saturated heterocycles. The quantitative estimate of drug-likeness (QED) is 0.741. The summed E-state index contributed by atoms with van der Waals surface area (Å²) in [5.74, 6) is 0. The van der Waals surface area contributed by atoms with Crippen LogP contribution in [0.3, 0.4) is 0 Å². The highest BCUT2D eigenvalue weighted by Gasteiger charge is 2.10. The van der Waals surface area contributed by atoms with Gasteiger partial charge in [-0.05, 0) is 18.4 Å². The summed E-state index contributed by atoms with van der Waals surface area (Å²) in [4.78, 5) is 10.6. The summed E-state index contributed by atoms with van der Waals surface area (Å²) in [5, 5.41) is 8.53. The smallest absolute Gasteiger partial charge is 0.124 e. The predicted octanol–water partition coefficient (Wildman–Crippen LogP) is 2.37. The Kier molecular flexibility index (Phi) is 2.97. The van der Waals surface area contributed by atoms with Gasteiger partial charge in [0.15, 0.2) is 0 Å². The standard InChI is InChI=1S/C11H12N2OS/c1-2-13-7-9(3-5-14)11(12-13)10-4-6-15-8-10/h4-8H,2-3H2,1H3. The van der Waals surface area contributed by atoms with Crippen molar-refractivity contribution in [3.05, 3.63) is 28.6 Å². The molecule has 2 heterocycles. The molecule has 0 fully saturated rings. The maximum absolute atomic E-state index is 10.6. The fourth-order valence-corrected chi connectivity index (χ4v) is 2.15. The van der Waals surface area contributed by atoms with E-state index < -0.39 is 0 Å². The van der Waals surface area contributed by atoms with E-state index >= 15 is 0 Å². The second kappa shape index (κ2) is 4.40. The van der Waals surface area contributed by atoms with Gasteiger partial charge in [-0.1, -0.05) is 0 Å². The van der Waals surface area contributed by atoms with Gasteiger partial charge in [0, 0.05) is 35.7 Å². The van der Waals surface area contributed by atoms with Crippen molar-refractivity contribution in [3.8, 4) is 11.3 Å². The van der Waals surface area contributed by atoms with E-state index in [0.29, 0.717) is 6.42 Å². The van der Waals surface area contributed by atoms with Crippen molar-refractivity contribution < 1.29 is 4.79 Å². The van der Waals surface area contributed by atoms with Gasteiger partial charge >= 0.3 is 0 Å². The summed E-state index contributed by atoms with van der Waals surface area (Å²) in [7, 11) is 0. The molecule has 0 aliphatic carbocycles. The lowest BCUT2D eigenvalue weighted by Gasteiger charge is -1.94. The SMILES string of the molecule is CCn1cc(CC=O)c(-c2ccsc2)n1. The predicted molar refractivity (Wildman–Crippen MR) is 61.0 cm³/mol. The van der Waals surface area contributed by atoms with Crippen molar-refractivity contribution in [2.45, 2.75) is 19.9 Å². The number of carbonyl (C=O) groups excluding carboxylic acids is 1. The molecule has 0 unspecified atom stereocenters. The van der Waals surface area contributed by atoms with Gasteiger partial charge in [0.05, 0.1) is 5.69 Å². The average molecular weight is 220 g/mol. The first-order valence-electron chi connectivity index (χ1n) is 4.87. The lowest BCUT2D eigenvalue weighted by Crippen LogP contribution is -1.93. The maximum Gasteiger partial charge on any atom is 0.124 e. The van der Waals surface area contributed by atoms with Gasteiger partial charge in [0.2, 0.25) is 0 Å². The van der Waals surface area contributed by atoms with E-state index in [1.807, 2.05) is 29.2 Å². The van der Waals surface area contributed by atoms with Gasteiger partial charge < -0.3 is 4.79 Å². The molecule has 78 valence electrons. The lowest BCUT2D eigenvalue weighted by molar-refractivity contribution is -0.107. The number of thiophene rings is 1. The van der Waals surface area contributed by atoms with Gasteiger partial charge in [-0.2, -0.15) is 16.4 Å². The van der Waals surface area contributed by atoms with Crippen molar-refractivity contribution in [2.75, 3.05) is 0 Å². The highest BCUT2D eigenvalue weighted by molar-refractivity contribution is 7.08. The Morgan fingerprint density at radius 2 is 2.47 bits per heavy atom. The maximum atomic E-state index is 10.6. The van der Waals surface area contributed by atoms with Crippen LogP contribution in [0.1, 0.15) is 12.5 Å². The summed E-state index contributed by atoms with van der Waals surface area (Å²) in [5.41, 5.74) is 3.04. The Bertz CT molecular complexity index is 445. The first-order chi connectivity index (χ1) is 7.35. The molecule has 0 aliphatic heterocycles. The van der Waals surface area contributed by atoms with Crippen LogP contribution in [0.25, 0.3) is 11.3 Å². The molecule has 15 heavy (non-hydrogen) atoms. The minimum absolute atomic E-state index is 0.436. The number of aldehydes is 1. The van der Waals surface area contributed by atoms with Crippen molar-refractivity contribution >= 4 is 17.6 Å². The van der Waals surface area contributed by atoms with Crippen LogP contribution in [-0.2, 0) is 17.8 Å². The second-order valence-electron chi connectivity index (χ2n) is 3.24. The zero-order valence-electron chi connectivity index (χ0n) is 8.51. The summed E-state index contributed by atoms with van der Waals surface area (Å²) in [6.45, 7) is 2.87. The molecular formula is C11H12N2OS. The van der Waals surface area contributed by atoms with Gasteiger partial charge in [-0.15, -0.1) is 0 Å². The minimum atomic E-state index is 0.436. The van der Waals surface area contributed by atoms with E-state index in [1.54, 1.807) is 11.3 Å². The average Bonchev–Trinajstić information content (AvgIpc) is 2.85. The molecule has 0 saturated carbocycles. The molecule has 2 rings (SSSR count). The van der Waals surface area contributed by atoms with Crippen molar-refractivity contribution in [2.24, 2.45) is 0 Å². The van der Waals surface area contributed by atoms with Crippen LogP contribution in [-0.4, -0.2) is 16.1 Å². The Hall–Kier alpha value is -1.42. The first kappa shape index (κ1) is 10.1. The van der Waals surface area contributed by atoms with Crippen molar-refractivity contribution in [1.82, 2.24) is 9.78 Å². The molecule has 0 aliphatic rings. The molecule has 0 N–H and O–H groups in total. The molecule has 3 nitrogen and oxygen atoms in total. The molecule has 0 aromatic carbocycles. The highest BCUT2D eigenvalue weighted by Crippen LogP contribution is 2.24. The fourth-order valence-electron chi connectivity index (χ4n) is 1.51. The molecule has 0 amide bonds. The number of hydrogen-bond acceptors (Lipinski definition) is 3. The van der Waals surface area contributed by atoms with Gasteiger partial charge in [-0.3, -0.25) is 4.68 Å². The summed E-state index contributed by atoms with van der Waals surface area (Å²) >= 11 is 1.64. The zero-order chi connectivity index (χ0) is 10.7. The topological polar surface area (TPSA) is 34.9 Å². The van der Waals surface area contributed by atoms with Crippen molar-refractivity contribution in [1.29, 1.82) is 0 Å². The Labute approximate surface area is 92.4 Å². The number of carbonyl (C=O) groups is 1. The fraction of sp³-hybridized carbons (Fsp3) is 0.273. The molecular weight excluding hydrogens is 208 g/mol. The Morgan fingerprint density at radius 1 is 1.60 bits per heavy atom. The van der Waals surface area contributed by atoms with Crippen molar-refractivity contribution in [3.63, 3.8) is 0 Å². The largest absolute Gasteiger partial charge is 0.303 e. The van der Waals surface area contributed by atoms with Gasteiger partial charge in [-0.25, -0.2) is 0 Å². The summed E-state index contributed by atoms with van der Waals surface area (Å²) in [6, 6.07) is 2.03. The van der Waals surface area contributed by atoms with E-state index in [0.717, 1.165) is 29.7 Å². The van der Waals surface area contributed by atoms with Crippen LogP contribution >= 0.6 is 11.3 Å². The van der Waals surface area contributed by atoms with Gasteiger partial charge in [0.25, 0.3) is 0 Å². The monoisotopic (exact) mass is 220 g/mol. The number of rotatable bonds is 4. The third kappa shape index (κ3) is 1.99. The van der Waals surface area contributed by atoms with Crippen LogP contribution in [0, 0.1) is 0 Å². The zero-order valence-corrected chi connectivity index (χ0v) is 9.33. The van der Waals surface area contributed by atoms with Gasteiger partial charge in [0.1, 0.15) is 6.29 Å².